The fourth-order valence-corrected chi connectivity index (χ4v) is 5.15. The third kappa shape index (κ3) is 4.83. The van der Waals surface area contributed by atoms with E-state index in [4.69, 9.17) is 9.97 Å². The first-order chi connectivity index (χ1) is 17.5. The Morgan fingerprint density at radius 3 is 2.64 bits per heavy atom. The Kier molecular flexibility index (Phi) is 6.97. The van der Waals surface area contributed by atoms with Crippen LogP contribution in [-0.2, 0) is 0 Å². The summed E-state index contributed by atoms with van der Waals surface area (Å²) >= 11 is 1.05. The van der Waals surface area contributed by atoms with Crippen LogP contribution in [0.25, 0.3) is 27.5 Å². The van der Waals surface area contributed by atoms with Crippen molar-refractivity contribution >= 4 is 28.7 Å². The number of nitrogens with one attached hydrogen (secondary N) is 1. The maximum Gasteiger partial charge on any atom is 0.251 e. The SMILES string of the molecule is CCN(CC)C(C)CNC(=O)c1cc(-c2cnn3ccc(-c4ccc(F)s4)nc23)nc(N2CCC2)c1. The molecule has 0 saturated carbocycles. The van der Waals surface area contributed by atoms with Crippen molar-refractivity contribution in [3.8, 4) is 21.8 Å². The lowest BCUT2D eigenvalue weighted by Gasteiger charge is -2.32. The molecule has 0 aromatic carbocycles. The van der Waals surface area contributed by atoms with Crippen LogP contribution in [0.1, 0.15) is 37.6 Å². The maximum atomic E-state index is 13.6. The first kappa shape index (κ1) is 24.3. The van der Waals surface area contributed by atoms with Crippen molar-refractivity contribution in [2.45, 2.75) is 33.2 Å². The topological polar surface area (TPSA) is 78.7 Å². The molecule has 1 aliphatic heterocycles. The van der Waals surface area contributed by atoms with Gasteiger partial charge in [-0.3, -0.25) is 9.69 Å². The number of halogens is 1. The Morgan fingerprint density at radius 2 is 1.97 bits per heavy atom. The second-order valence-electron chi connectivity index (χ2n) is 8.96. The molecule has 5 heterocycles. The summed E-state index contributed by atoms with van der Waals surface area (Å²) in [6.07, 6.45) is 4.63. The molecule has 0 aliphatic carbocycles. The fraction of sp³-hybridized carbons (Fsp3) is 0.385. The normalized spacial score (nSPS) is 14.3. The van der Waals surface area contributed by atoms with E-state index in [2.05, 4.69) is 41.0 Å². The van der Waals surface area contributed by atoms with Gasteiger partial charge in [0, 0.05) is 37.4 Å². The van der Waals surface area contributed by atoms with Crippen LogP contribution in [0, 0.1) is 5.13 Å². The lowest BCUT2D eigenvalue weighted by Crippen LogP contribution is -2.42. The van der Waals surface area contributed by atoms with Crippen molar-refractivity contribution in [1.82, 2.24) is 29.8 Å². The number of nitrogens with zero attached hydrogens (tertiary/aromatic N) is 6. The summed E-state index contributed by atoms with van der Waals surface area (Å²) in [6, 6.07) is 8.88. The molecule has 1 amide bonds. The second kappa shape index (κ2) is 10.3. The molecule has 188 valence electrons. The number of carbonyl (C=O) groups excluding carboxylic acids is 1. The van der Waals surface area contributed by atoms with E-state index in [0.717, 1.165) is 60.2 Å². The summed E-state index contributed by atoms with van der Waals surface area (Å²) in [7, 11) is 0. The summed E-state index contributed by atoms with van der Waals surface area (Å²) in [4.78, 5) is 28.1. The third-order valence-electron chi connectivity index (χ3n) is 6.72. The van der Waals surface area contributed by atoms with Crippen LogP contribution in [0.2, 0.25) is 0 Å². The molecule has 4 aromatic rings. The number of pyridine rings is 1. The van der Waals surface area contributed by atoms with E-state index in [9.17, 15) is 9.18 Å². The fourth-order valence-electron chi connectivity index (χ4n) is 4.45. The Morgan fingerprint density at radius 1 is 1.17 bits per heavy atom. The number of hydrogen-bond donors (Lipinski definition) is 1. The van der Waals surface area contributed by atoms with Crippen LogP contribution < -0.4 is 10.2 Å². The van der Waals surface area contributed by atoms with E-state index in [1.54, 1.807) is 29.0 Å². The van der Waals surface area contributed by atoms with Gasteiger partial charge in [0.2, 0.25) is 0 Å². The third-order valence-corrected chi connectivity index (χ3v) is 7.61. The Bertz CT molecular complexity index is 1380. The summed E-state index contributed by atoms with van der Waals surface area (Å²) in [5.74, 6) is 0.648. The molecule has 10 heteroatoms. The van der Waals surface area contributed by atoms with Crippen molar-refractivity contribution in [3.05, 3.63) is 53.4 Å². The summed E-state index contributed by atoms with van der Waals surface area (Å²) < 4.78 is 15.3. The van der Waals surface area contributed by atoms with Crippen molar-refractivity contribution < 1.29 is 9.18 Å². The van der Waals surface area contributed by atoms with Gasteiger partial charge < -0.3 is 10.2 Å². The predicted molar refractivity (Wildman–Crippen MR) is 141 cm³/mol. The highest BCUT2D eigenvalue weighted by atomic mass is 32.1. The second-order valence-corrected chi connectivity index (χ2v) is 10.00. The quantitative estimate of drug-likeness (QED) is 0.363. The van der Waals surface area contributed by atoms with Gasteiger partial charge in [-0.1, -0.05) is 13.8 Å². The summed E-state index contributed by atoms with van der Waals surface area (Å²) in [5.41, 5.74) is 3.20. The van der Waals surface area contributed by atoms with Gasteiger partial charge in [0.1, 0.15) is 5.82 Å². The number of anilines is 1. The summed E-state index contributed by atoms with van der Waals surface area (Å²) in [5, 5.41) is 7.28. The summed E-state index contributed by atoms with van der Waals surface area (Å²) in [6.45, 7) is 10.6. The minimum atomic E-state index is -0.254. The van der Waals surface area contributed by atoms with E-state index in [0.29, 0.717) is 29.1 Å². The molecule has 0 spiro atoms. The Hall–Kier alpha value is -3.37. The molecule has 4 aromatic heterocycles. The zero-order chi connectivity index (χ0) is 25.2. The van der Waals surface area contributed by atoms with Gasteiger partial charge in [0.05, 0.1) is 28.0 Å². The number of thiophene rings is 1. The van der Waals surface area contributed by atoms with E-state index < -0.39 is 0 Å². The molecule has 1 atom stereocenters. The Balaban J connectivity index is 1.49. The van der Waals surface area contributed by atoms with E-state index >= 15 is 0 Å². The smallest absolute Gasteiger partial charge is 0.251 e. The molecule has 0 radical (unpaired) electrons. The first-order valence-corrected chi connectivity index (χ1v) is 13.2. The number of fused-ring (bicyclic) bond motifs is 1. The number of carbonyl (C=O) groups is 1. The highest BCUT2D eigenvalue weighted by Gasteiger charge is 2.22. The van der Waals surface area contributed by atoms with Gasteiger partial charge >= 0.3 is 0 Å². The standard InChI is InChI=1S/C26H30FN7OS/c1-4-32(5-2)17(3)15-28-26(35)18-13-21(30-24(14-18)33-10-6-11-33)19-16-29-34-12-9-20(31-25(19)34)22-7-8-23(27)36-22/h7-9,12-14,16-17H,4-6,10-11,15H2,1-3H3,(H,28,35). The minimum Gasteiger partial charge on any atom is -0.356 e. The largest absolute Gasteiger partial charge is 0.356 e. The number of hydrogen-bond acceptors (Lipinski definition) is 7. The molecule has 8 nitrogen and oxygen atoms in total. The highest BCUT2D eigenvalue weighted by Crippen LogP contribution is 2.30. The van der Waals surface area contributed by atoms with Crippen LogP contribution in [-0.4, -0.2) is 69.2 Å². The van der Waals surface area contributed by atoms with Gasteiger partial charge in [-0.25, -0.2) is 14.5 Å². The zero-order valence-electron chi connectivity index (χ0n) is 20.7. The van der Waals surface area contributed by atoms with Gasteiger partial charge in [0.15, 0.2) is 10.8 Å². The molecule has 1 aliphatic rings. The van der Waals surface area contributed by atoms with Crippen LogP contribution in [0.3, 0.4) is 0 Å². The molecule has 0 bridgehead atoms. The van der Waals surface area contributed by atoms with Crippen molar-refractivity contribution in [2.24, 2.45) is 0 Å². The molecule has 1 unspecified atom stereocenters. The van der Waals surface area contributed by atoms with Gasteiger partial charge in [-0.2, -0.15) is 9.49 Å². The van der Waals surface area contributed by atoms with E-state index in [-0.39, 0.29) is 17.1 Å². The molecule has 5 rings (SSSR count). The van der Waals surface area contributed by atoms with Crippen LogP contribution >= 0.6 is 11.3 Å². The van der Waals surface area contributed by atoms with Crippen molar-refractivity contribution in [1.29, 1.82) is 0 Å². The van der Waals surface area contributed by atoms with E-state index in [1.807, 2.05) is 12.1 Å². The Labute approximate surface area is 213 Å². The van der Waals surface area contributed by atoms with Gasteiger partial charge in [-0.05, 0) is 56.8 Å². The molecule has 1 fully saturated rings. The van der Waals surface area contributed by atoms with Crippen LogP contribution in [0.5, 0.6) is 0 Å². The zero-order valence-corrected chi connectivity index (χ0v) is 21.6. The van der Waals surface area contributed by atoms with Gasteiger partial charge in [0.25, 0.3) is 5.91 Å². The lowest BCUT2D eigenvalue weighted by atomic mass is 10.1. The van der Waals surface area contributed by atoms with Crippen molar-refractivity contribution in [3.63, 3.8) is 0 Å². The number of amides is 1. The average Bonchev–Trinajstić information content (AvgIpc) is 3.47. The average molecular weight is 508 g/mol. The number of aromatic nitrogens is 4. The van der Waals surface area contributed by atoms with Crippen molar-refractivity contribution in [2.75, 3.05) is 37.6 Å². The minimum absolute atomic E-state index is 0.126. The molecular formula is C26H30FN7OS. The molecule has 36 heavy (non-hydrogen) atoms. The molecular weight excluding hydrogens is 477 g/mol. The molecule has 1 saturated heterocycles. The van der Waals surface area contributed by atoms with Crippen LogP contribution in [0.4, 0.5) is 10.2 Å². The monoisotopic (exact) mass is 507 g/mol. The highest BCUT2D eigenvalue weighted by molar-refractivity contribution is 7.13. The lowest BCUT2D eigenvalue weighted by molar-refractivity contribution is 0.0938. The van der Waals surface area contributed by atoms with E-state index in [1.165, 1.54) is 6.07 Å². The first-order valence-electron chi connectivity index (χ1n) is 12.4. The maximum absolute atomic E-state index is 13.6. The number of rotatable bonds is 9. The molecule has 1 N–H and O–H groups in total. The van der Waals surface area contributed by atoms with Crippen LogP contribution in [0.15, 0.2) is 42.7 Å². The predicted octanol–water partition coefficient (Wildman–Crippen LogP) is 4.33. The number of likely N-dealkylation sites (N-methyl/N-ethyl adjacent to an activating group) is 1. The van der Waals surface area contributed by atoms with Gasteiger partial charge in [-0.15, -0.1) is 11.3 Å².